The Morgan fingerprint density at radius 2 is 2.30 bits per heavy atom. The Morgan fingerprint density at radius 1 is 1.55 bits per heavy atom. The van der Waals surface area contributed by atoms with Crippen LogP contribution in [0.5, 0.6) is 0 Å². The van der Waals surface area contributed by atoms with E-state index in [1.165, 1.54) is 0 Å². The number of likely N-dealkylation sites (tertiary alicyclic amines) is 1. The van der Waals surface area contributed by atoms with Gasteiger partial charge in [0.1, 0.15) is 0 Å². The van der Waals surface area contributed by atoms with Crippen molar-refractivity contribution in [2.75, 3.05) is 18.8 Å². The number of hydrogen-bond acceptors (Lipinski definition) is 4. The van der Waals surface area contributed by atoms with Gasteiger partial charge in [0.05, 0.1) is 5.75 Å². The van der Waals surface area contributed by atoms with E-state index in [0.717, 1.165) is 5.69 Å². The fraction of sp³-hybridized carbons (Fsp3) is 0.667. The SMILES string of the molecule is Cc1ccnn1CCC(=O)N1CCC(CS(N)(=O)=O)C1. The van der Waals surface area contributed by atoms with Gasteiger partial charge in [-0.2, -0.15) is 5.10 Å². The molecule has 7 nitrogen and oxygen atoms in total. The smallest absolute Gasteiger partial charge is 0.224 e. The third-order valence-corrected chi connectivity index (χ3v) is 4.51. The van der Waals surface area contributed by atoms with E-state index in [2.05, 4.69) is 5.10 Å². The zero-order valence-electron chi connectivity index (χ0n) is 11.5. The second-order valence-corrected chi connectivity index (χ2v) is 6.93. The van der Waals surface area contributed by atoms with E-state index in [0.29, 0.717) is 32.5 Å². The van der Waals surface area contributed by atoms with Gasteiger partial charge in [0.15, 0.2) is 0 Å². The molecule has 1 unspecified atom stereocenters. The molecule has 1 saturated heterocycles. The van der Waals surface area contributed by atoms with Crippen LogP contribution in [0.25, 0.3) is 0 Å². The molecule has 0 saturated carbocycles. The van der Waals surface area contributed by atoms with Crippen molar-refractivity contribution in [1.82, 2.24) is 14.7 Å². The summed E-state index contributed by atoms with van der Waals surface area (Å²) in [5, 5.41) is 9.16. The van der Waals surface area contributed by atoms with Gasteiger partial charge >= 0.3 is 0 Å². The van der Waals surface area contributed by atoms with Crippen LogP contribution >= 0.6 is 0 Å². The number of carbonyl (C=O) groups excluding carboxylic acids is 1. The van der Waals surface area contributed by atoms with Gasteiger partial charge in [0.2, 0.25) is 15.9 Å². The highest BCUT2D eigenvalue weighted by molar-refractivity contribution is 7.89. The minimum Gasteiger partial charge on any atom is -0.342 e. The molecule has 2 N–H and O–H groups in total. The number of sulfonamides is 1. The van der Waals surface area contributed by atoms with Gasteiger partial charge in [0.25, 0.3) is 0 Å². The number of nitrogens with zero attached hydrogens (tertiary/aromatic N) is 3. The van der Waals surface area contributed by atoms with Crippen LogP contribution < -0.4 is 5.14 Å². The molecule has 1 aromatic heterocycles. The minimum absolute atomic E-state index is 0.0387. The summed E-state index contributed by atoms with van der Waals surface area (Å²) in [5.41, 5.74) is 1.02. The molecule has 1 amide bonds. The van der Waals surface area contributed by atoms with Crippen LogP contribution in [0, 0.1) is 12.8 Å². The molecule has 112 valence electrons. The number of nitrogens with two attached hydrogens (primary N) is 1. The lowest BCUT2D eigenvalue weighted by molar-refractivity contribution is -0.130. The Labute approximate surface area is 118 Å². The molecule has 1 atom stereocenters. The highest BCUT2D eigenvalue weighted by Gasteiger charge is 2.28. The van der Waals surface area contributed by atoms with Gasteiger partial charge in [0, 0.05) is 37.9 Å². The highest BCUT2D eigenvalue weighted by Crippen LogP contribution is 2.18. The van der Waals surface area contributed by atoms with Crippen molar-refractivity contribution in [3.8, 4) is 0 Å². The molecule has 1 aliphatic rings. The van der Waals surface area contributed by atoms with Gasteiger partial charge < -0.3 is 4.90 Å². The van der Waals surface area contributed by atoms with Gasteiger partial charge in [-0.25, -0.2) is 13.6 Å². The van der Waals surface area contributed by atoms with Gasteiger partial charge in [-0.1, -0.05) is 0 Å². The van der Waals surface area contributed by atoms with Crippen LogP contribution in [0.1, 0.15) is 18.5 Å². The second-order valence-electron chi connectivity index (χ2n) is 5.27. The molecule has 8 heteroatoms. The largest absolute Gasteiger partial charge is 0.342 e. The van der Waals surface area contributed by atoms with E-state index in [1.54, 1.807) is 15.8 Å². The summed E-state index contributed by atoms with van der Waals surface area (Å²) in [4.78, 5) is 13.8. The number of amides is 1. The second kappa shape index (κ2) is 5.92. The topological polar surface area (TPSA) is 98.3 Å². The molecule has 0 aromatic carbocycles. The molecule has 1 aromatic rings. The van der Waals surface area contributed by atoms with Crippen LogP contribution in [0.2, 0.25) is 0 Å². The molecule has 20 heavy (non-hydrogen) atoms. The fourth-order valence-corrected chi connectivity index (χ4v) is 3.45. The third-order valence-electron chi connectivity index (χ3n) is 3.57. The first kappa shape index (κ1) is 15.0. The number of hydrogen-bond donors (Lipinski definition) is 1. The summed E-state index contributed by atoms with van der Waals surface area (Å²) in [6.45, 7) is 3.58. The van der Waals surface area contributed by atoms with Crippen molar-refractivity contribution in [3.63, 3.8) is 0 Å². The van der Waals surface area contributed by atoms with Crippen molar-refractivity contribution in [2.45, 2.75) is 26.3 Å². The number of primary sulfonamides is 1. The van der Waals surface area contributed by atoms with Crippen LogP contribution in [0.4, 0.5) is 0 Å². The van der Waals surface area contributed by atoms with Crippen LogP contribution in [0.3, 0.4) is 0 Å². The lowest BCUT2D eigenvalue weighted by atomic mass is 10.2. The average Bonchev–Trinajstić information content (AvgIpc) is 2.93. The van der Waals surface area contributed by atoms with E-state index in [1.807, 2.05) is 13.0 Å². The molecule has 0 bridgehead atoms. The molecule has 2 rings (SSSR count). The predicted molar refractivity (Wildman–Crippen MR) is 74.2 cm³/mol. The first-order valence-corrected chi connectivity index (χ1v) is 8.33. The molecule has 2 heterocycles. The van der Waals surface area contributed by atoms with Crippen molar-refractivity contribution >= 4 is 15.9 Å². The van der Waals surface area contributed by atoms with Gasteiger partial charge in [-0.15, -0.1) is 0 Å². The predicted octanol–water partition coefficient (Wildman–Crippen LogP) is -0.281. The molecule has 0 spiro atoms. The Hall–Kier alpha value is -1.41. The van der Waals surface area contributed by atoms with E-state index >= 15 is 0 Å². The van der Waals surface area contributed by atoms with Crippen LogP contribution in [-0.4, -0.2) is 47.8 Å². The maximum Gasteiger partial charge on any atom is 0.224 e. The fourth-order valence-electron chi connectivity index (χ4n) is 2.52. The molecular weight excluding hydrogens is 280 g/mol. The van der Waals surface area contributed by atoms with E-state index in [9.17, 15) is 13.2 Å². The Kier molecular flexibility index (Phi) is 4.44. The Balaban J connectivity index is 1.81. The van der Waals surface area contributed by atoms with E-state index in [4.69, 9.17) is 5.14 Å². The summed E-state index contributed by atoms with van der Waals surface area (Å²) in [5.74, 6) is -0.0492. The average molecular weight is 300 g/mol. The van der Waals surface area contributed by atoms with Crippen molar-refractivity contribution in [3.05, 3.63) is 18.0 Å². The summed E-state index contributed by atoms with van der Waals surface area (Å²) >= 11 is 0. The van der Waals surface area contributed by atoms with Crippen molar-refractivity contribution in [2.24, 2.45) is 11.1 Å². The lowest BCUT2D eigenvalue weighted by Gasteiger charge is -2.16. The lowest BCUT2D eigenvalue weighted by Crippen LogP contribution is -2.31. The number of aryl methyl sites for hydroxylation is 2. The standard InChI is InChI=1S/C12H20N4O3S/c1-10-2-5-14-16(10)7-4-12(17)15-6-3-11(8-15)9-20(13,18)19/h2,5,11H,3-4,6-9H2,1H3,(H2,13,18,19). The third kappa shape index (κ3) is 4.04. The molecule has 1 aliphatic heterocycles. The summed E-state index contributed by atoms with van der Waals surface area (Å²) < 4.78 is 23.9. The zero-order valence-corrected chi connectivity index (χ0v) is 12.3. The Morgan fingerprint density at radius 3 is 2.90 bits per heavy atom. The molecule has 0 aliphatic carbocycles. The number of carbonyl (C=O) groups is 1. The normalized spacial score (nSPS) is 19.5. The summed E-state index contributed by atoms with van der Waals surface area (Å²) in [6, 6.07) is 1.89. The Bertz CT molecular complexity index is 581. The minimum atomic E-state index is -3.46. The molecular formula is C12H20N4O3S. The highest BCUT2D eigenvalue weighted by atomic mass is 32.2. The molecule has 1 fully saturated rings. The maximum atomic E-state index is 12.1. The van der Waals surface area contributed by atoms with Crippen LogP contribution in [0.15, 0.2) is 12.3 Å². The van der Waals surface area contributed by atoms with Gasteiger partial charge in [-0.3, -0.25) is 9.48 Å². The van der Waals surface area contributed by atoms with Gasteiger partial charge in [-0.05, 0) is 25.3 Å². The first-order chi connectivity index (χ1) is 9.35. The van der Waals surface area contributed by atoms with Crippen molar-refractivity contribution in [1.29, 1.82) is 0 Å². The van der Waals surface area contributed by atoms with E-state index in [-0.39, 0.29) is 17.6 Å². The summed E-state index contributed by atoms with van der Waals surface area (Å²) in [7, 11) is -3.46. The van der Waals surface area contributed by atoms with Crippen molar-refractivity contribution < 1.29 is 13.2 Å². The maximum absolute atomic E-state index is 12.1. The van der Waals surface area contributed by atoms with Crippen LogP contribution in [-0.2, 0) is 21.4 Å². The van der Waals surface area contributed by atoms with E-state index < -0.39 is 10.0 Å². The number of rotatable bonds is 5. The monoisotopic (exact) mass is 300 g/mol. The first-order valence-electron chi connectivity index (χ1n) is 6.62. The number of aromatic nitrogens is 2. The molecule has 0 radical (unpaired) electrons. The quantitative estimate of drug-likeness (QED) is 0.808. The summed E-state index contributed by atoms with van der Waals surface area (Å²) in [6.07, 6.45) is 2.78. The zero-order chi connectivity index (χ0) is 14.8.